The number of carbonyl (C=O) groups excluding carboxylic acids is 1. The van der Waals surface area contributed by atoms with E-state index in [0.717, 1.165) is 0 Å². The zero-order valence-electron chi connectivity index (χ0n) is 6.79. The zero-order valence-corrected chi connectivity index (χ0v) is 7.61. The largest absolute Gasteiger partial charge is 0.447 e. The minimum atomic E-state index is -0.287. The van der Waals surface area contributed by atoms with E-state index in [1.54, 1.807) is 22.0 Å². The van der Waals surface area contributed by atoms with Gasteiger partial charge in [-0.25, -0.2) is 9.48 Å². The van der Waals surface area contributed by atoms with Gasteiger partial charge in [-0.2, -0.15) is 0 Å². The molecule has 0 spiro atoms. The summed E-state index contributed by atoms with van der Waals surface area (Å²) in [5.74, 6) is 0. The van der Waals surface area contributed by atoms with E-state index in [4.69, 9.17) is 4.74 Å². The molecular formula is C6H9ClN4O2. The van der Waals surface area contributed by atoms with Crippen LogP contribution < -0.4 is 0 Å². The Morgan fingerprint density at radius 3 is 3.00 bits per heavy atom. The lowest BCUT2D eigenvalue weighted by Crippen LogP contribution is -2.27. The van der Waals surface area contributed by atoms with Crippen LogP contribution in [0.1, 0.15) is 0 Å². The average molecular weight is 205 g/mol. The van der Waals surface area contributed by atoms with Crippen LogP contribution in [0.5, 0.6) is 0 Å². The molecule has 0 atom stereocenters. The lowest BCUT2D eigenvalue weighted by atomic mass is 10.6. The van der Waals surface area contributed by atoms with Gasteiger partial charge < -0.3 is 4.74 Å². The number of nitrogens with zero attached hydrogens (tertiary/aromatic N) is 4. The number of ether oxygens (including phenoxy) is 1. The second-order valence-electron chi connectivity index (χ2n) is 2.46. The highest BCUT2D eigenvalue weighted by atomic mass is 35.5. The summed E-state index contributed by atoms with van der Waals surface area (Å²) in [6.45, 7) is 1.51. The number of carbonyl (C=O) groups is 1. The van der Waals surface area contributed by atoms with E-state index < -0.39 is 0 Å². The Kier molecular flexibility index (Phi) is 3.07. The molecule has 1 aromatic heterocycles. The summed E-state index contributed by atoms with van der Waals surface area (Å²) >= 11 is 0. The summed E-state index contributed by atoms with van der Waals surface area (Å²) in [5, 5.41) is 7.35. The van der Waals surface area contributed by atoms with Crippen molar-refractivity contribution in [3.8, 4) is 0 Å². The molecule has 1 saturated heterocycles. The Hall–Kier alpha value is -1.30. The molecule has 1 aromatic rings. The quantitative estimate of drug-likeness (QED) is 0.686. The molecule has 2 rings (SSSR count). The molecule has 1 aliphatic heterocycles. The zero-order chi connectivity index (χ0) is 8.39. The third-order valence-corrected chi connectivity index (χ3v) is 1.63. The summed E-state index contributed by atoms with van der Waals surface area (Å²) in [4.78, 5) is 12.5. The molecular weight excluding hydrogens is 196 g/mol. The topological polar surface area (TPSA) is 60.2 Å². The van der Waals surface area contributed by atoms with Gasteiger partial charge in [-0.15, -0.1) is 17.5 Å². The second kappa shape index (κ2) is 4.08. The van der Waals surface area contributed by atoms with Gasteiger partial charge in [0, 0.05) is 6.20 Å². The molecule has 0 aromatic carbocycles. The third-order valence-electron chi connectivity index (χ3n) is 1.63. The van der Waals surface area contributed by atoms with Crippen LogP contribution >= 0.6 is 12.4 Å². The van der Waals surface area contributed by atoms with E-state index in [1.807, 2.05) is 0 Å². The van der Waals surface area contributed by atoms with Crippen molar-refractivity contribution in [2.45, 2.75) is 6.67 Å². The van der Waals surface area contributed by atoms with Crippen LogP contribution in [-0.2, 0) is 11.4 Å². The Bertz CT molecular complexity index is 276. The molecule has 13 heavy (non-hydrogen) atoms. The monoisotopic (exact) mass is 204 g/mol. The number of halogens is 1. The van der Waals surface area contributed by atoms with E-state index in [-0.39, 0.29) is 18.5 Å². The van der Waals surface area contributed by atoms with Crippen molar-refractivity contribution in [1.82, 2.24) is 19.9 Å². The summed E-state index contributed by atoms with van der Waals surface area (Å²) < 4.78 is 6.32. The molecule has 7 heteroatoms. The van der Waals surface area contributed by atoms with E-state index >= 15 is 0 Å². The van der Waals surface area contributed by atoms with Crippen LogP contribution in [0.15, 0.2) is 12.4 Å². The maximum absolute atomic E-state index is 10.9. The lowest BCUT2D eigenvalue weighted by Gasteiger charge is -2.10. The van der Waals surface area contributed by atoms with E-state index in [9.17, 15) is 4.79 Å². The first-order chi connectivity index (χ1) is 5.86. The first-order valence-electron chi connectivity index (χ1n) is 3.62. The fourth-order valence-electron chi connectivity index (χ4n) is 1.04. The molecule has 2 heterocycles. The molecule has 0 unspecified atom stereocenters. The highest BCUT2D eigenvalue weighted by Crippen LogP contribution is 2.03. The molecule has 0 radical (unpaired) electrons. The van der Waals surface area contributed by atoms with E-state index in [0.29, 0.717) is 19.8 Å². The second-order valence-corrected chi connectivity index (χ2v) is 2.46. The van der Waals surface area contributed by atoms with Gasteiger partial charge in [-0.1, -0.05) is 5.21 Å². The van der Waals surface area contributed by atoms with Gasteiger partial charge in [-0.05, 0) is 0 Å². The smallest absolute Gasteiger partial charge is 0.411 e. The van der Waals surface area contributed by atoms with Crippen LogP contribution in [0.2, 0.25) is 0 Å². The third kappa shape index (κ3) is 2.09. The van der Waals surface area contributed by atoms with Crippen LogP contribution in [0.4, 0.5) is 4.79 Å². The van der Waals surface area contributed by atoms with Crippen molar-refractivity contribution < 1.29 is 9.53 Å². The van der Waals surface area contributed by atoms with Crippen LogP contribution in [0.3, 0.4) is 0 Å². The Morgan fingerprint density at radius 2 is 2.46 bits per heavy atom. The van der Waals surface area contributed by atoms with Gasteiger partial charge in [0.05, 0.1) is 12.7 Å². The summed E-state index contributed by atoms with van der Waals surface area (Å²) in [6, 6.07) is 0. The van der Waals surface area contributed by atoms with Gasteiger partial charge in [0.1, 0.15) is 13.3 Å². The molecule has 0 aliphatic carbocycles. The molecule has 6 nitrogen and oxygen atoms in total. The number of amides is 1. The average Bonchev–Trinajstić information content (AvgIpc) is 2.65. The van der Waals surface area contributed by atoms with Gasteiger partial charge >= 0.3 is 6.09 Å². The van der Waals surface area contributed by atoms with Gasteiger partial charge in [0.15, 0.2) is 0 Å². The Morgan fingerprint density at radius 1 is 1.62 bits per heavy atom. The predicted octanol–water partition coefficient (Wildman–Crippen LogP) is 0.110. The predicted molar refractivity (Wildman–Crippen MR) is 45.3 cm³/mol. The van der Waals surface area contributed by atoms with Gasteiger partial charge in [0.25, 0.3) is 0 Å². The molecule has 1 amide bonds. The molecule has 0 saturated carbocycles. The van der Waals surface area contributed by atoms with Crippen molar-refractivity contribution >= 4 is 18.5 Å². The maximum Gasteiger partial charge on any atom is 0.411 e. The first kappa shape index (κ1) is 9.79. The fourth-order valence-corrected chi connectivity index (χ4v) is 1.04. The minimum absolute atomic E-state index is 0. The van der Waals surface area contributed by atoms with Crippen LogP contribution in [0.25, 0.3) is 0 Å². The number of rotatable bonds is 2. The molecule has 1 fully saturated rings. The fraction of sp³-hybridized carbons (Fsp3) is 0.500. The number of cyclic esters (lactones) is 1. The number of hydrogen-bond donors (Lipinski definition) is 0. The Labute approximate surface area is 80.9 Å². The Balaban J connectivity index is 0.000000845. The highest BCUT2D eigenvalue weighted by molar-refractivity contribution is 5.85. The highest BCUT2D eigenvalue weighted by Gasteiger charge is 2.21. The number of aromatic nitrogens is 3. The molecule has 0 N–H and O–H groups in total. The molecule has 72 valence electrons. The van der Waals surface area contributed by atoms with Gasteiger partial charge in [0.2, 0.25) is 0 Å². The molecule has 1 aliphatic rings. The van der Waals surface area contributed by atoms with E-state index in [2.05, 4.69) is 10.3 Å². The summed E-state index contributed by atoms with van der Waals surface area (Å²) in [6.07, 6.45) is 2.98. The SMILES string of the molecule is Cl.O=C1OCCN1Cn1ccnn1. The van der Waals surface area contributed by atoms with Crippen molar-refractivity contribution in [2.75, 3.05) is 13.2 Å². The van der Waals surface area contributed by atoms with E-state index in [1.165, 1.54) is 0 Å². The summed E-state index contributed by atoms with van der Waals surface area (Å²) in [5.41, 5.74) is 0. The van der Waals surface area contributed by atoms with Crippen LogP contribution in [0, 0.1) is 0 Å². The molecule has 0 bridgehead atoms. The minimum Gasteiger partial charge on any atom is -0.447 e. The van der Waals surface area contributed by atoms with Crippen molar-refractivity contribution in [3.05, 3.63) is 12.4 Å². The van der Waals surface area contributed by atoms with Crippen molar-refractivity contribution in [1.29, 1.82) is 0 Å². The lowest BCUT2D eigenvalue weighted by molar-refractivity contribution is 0.149. The van der Waals surface area contributed by atoms with Crippen molar-refractivity contribution in [3.63, 3.8) is 0 Å². The maximum atomic E-state index is 10.9. The van der Waals surface area contributed by atoms with Crippen LogP contribution in [-0.4, -0.2) is 39.1 Å². The number of hydrogen-bond acceptors (Lipinski definition) is 4. The summed E-state index contributed by atoms with van der Waals surface area (Å²) in [7, 11) is 0. The van der Waals surface area contributed by atoms with Gasteiger partial charge in [-0.3, -0.25) is 4.90 Å². The first-order valence-corrected chi connectivity index (χ1v) is 3.62. The standard InChI is InChI=1S/C6H8N4O2.ClH/c11-6-9(3-4-12-6)5-10-2-1-7-8-10;/h1-2H,3-5H2;1H. The normalized spacial score (nSPS) is 15.4. The van der Waals surface area contributed by atoms with Crippen molar-refractivity contribution in [2.24, 2.45) is 0 Å².